The van der Waals surface area contributed by atoms with Gasteiger partial charge in [-0.15, -0.1) is 0 Å². The number of hydrogen-bond acceptors (Lipinski definition) is 2. The molecule has 2 heteroatoms. The smallest absolute Gasteiger partial charge is 0.0718 e. The van der Waals surface area contributed by atoms with E-state index in [0.717, 1.165) is 13.0 Å². The first-order valence-corrected chi connectivity index (χ1v) is 4.02. The Kier molecular flexibility index (Phi) is 5.64. The number of likely N-dealkylation sites (N-methyl/N-ethyl adjacent to an activating group) is 1. The lowest BCUT2D eigenvalue weighted by Crippen LogP contribution is -2.37. The van der Waals surface area contributed by atoms with Crippen molar-refractivity contribution in [1.82, 2.24) is 5.32 Å². The lowest BCUT2D eigenvalue weighted by molar-refractivity contribution is 0.0714. The fourth-order valence-corrected chi connectivity index (χ4v) is 1.18. The van der Waals surface area contributed by atoms with Gasteiger partial charge in [-0.25, -0.2) is 0 Å². The van der Waals surface area contributed by atoms with Gasteiger partial charge in [0, 0.05) is 13.2 Å². The number of hydrogen-bond donors (Lipinski definition) is 1. The number of rotatable bonds is 5. The monoisotopic (exact) mass is 145 g/mol. The third-order valence-corrected chi connectivity index (χ3v) is 1.79. The van der Waals surface area contributed by atoms with Gasteiger partial charge in [-0.05, 0) is 19.9 Å². The molecule has 0 fully saturated rings. The van der Waals surface area contributed by atoms with Crippen molar-refractivity contribution in [3.63, 3.8) is 0 Å². The quantitative estimate of drug-likeness (QED) is 0.631. The summed E-state index contributed by atoms with van der Waals surface area (Å²) in [5.74, 6) is 0. The summed E-state index contributed by atoms with van der Waals surface area (Å²) in [5, 5.41) is 3.32. The van der Waals surface area contributed by atoms with E-state index in [1.165, 1.54) is 0 Å². The van der Waals surface area contributed by atoms with Crippen LogP contribution in [-0.2, 0) is 4.74 Å². The Bertz CT molecular complexity index is 71.7. The average Bonchev–Trinajstić information content (AvgIpc) is 1.91. The molecule has 2 unspecified atom stereocenters. The molecule has 0 spiro atoms. The van der Waals surface area contributed by atoms with Gasteiger partial charge in [-0.3, -0.25) is 0 Å². The Morgan fingerprint density at radius 1 is 1.40 bits per heavy atom. The Labute approximate surface area is 64.0 Å². The standard InChI is InChI=1S/C8H19NO/c1-5-8(10-4)7(3)9-6-2/h7-9H,5-6H2,1-4H3. The highest BCUT2D eigenvalue weighted by Gasteiger charge is 2.11. The fraction of sp³-hybridized carbons (Fsp3) is 1.00. The molecular formula is C8H19NO. The van der Waals surface area contributed by atoms with Gasteiger partial charge in [0.25, 0.3) is 0 Å². The summed E-state index contributed by atoms with van der Waals surface area (Å²) in [7, 11) is 1.77. The van der Waals surface area contributed by atoms with E-state index in [0.29, 0.717) is 12.1 Å². The van der Waals surface area contributed by atoms with E-state index in [1.807, 2.05) is 0 Å². The average molecular weight is 145 g/mol. The van der Waals surface area contributed by atoms with E-state index in [4.69, 9.17) is 4.74 Å². The molecule has 0 aromatic carbocycles. The first-order valence-electron chi connectivity index (χ1n) is 4.02. The topological polar surface area (TPSA) is 21.3 Å². The van der Waals surface area contributed by atoms with Crippen molar-refractivity contribution in [2.24, 2.45) is 0 Å². The van der Waals surface area contributed by atoms with Gasteiger partial charge in [0.1, 0.15) is 0 Å². The molecule has 0 saturated heterocycles. The maximum atomic E-state index is 5.25. The summed E-state index contributed by atoms with van der Waals surface area (Å²) >= 11 is 0. The van der Waals surface area contributed by atoms with E-state index < -0.39 is 0 Å². The Balaban J connectivity index is 3.53. The van der Waals surface area contributed by atoms with Crippen LogP contribution >= 0.6 is 0 Å². The summed E-state index contributed by atoms with van der Waals surface area (Å²) in [6.07, 6.45) is 1.44. The second-order valence-corrected chi connectivity index (χ2v) is 2.53. The van der Waals surface area contributed by atoms with Crippen molar-refractivity contribution in [1.29, 1.82) is 0 Å². The van der Waals surface area contributed by atoms with Gasteiger partial charge in [-0.2, -0.15) is 0 Å². The fourth-order valence-electron chi connectivity index (χ4n) is 1.18. The molecule has 0 radical (unpaired) electrons. The van der Waals surface area contributed by atoms with Gasteiger partial charge < -0.3 is 10.1 Å². The van der Waals surface area contributed by atoms with Crippen LogP contribution in [0.3, 0.4) is 0 Å². The number of ether oxygens (including phenoxy) is 1. The Hall–Kier alpha value is -0.0800. The van der Waals surface area contributed by atoms with Gasteiger partial charge >= 0.3 is 0 Å². The highest BCUT2D eigenvalue weighted by molar-refractivity contribution is 4.69. The molecule has 0 saturated carbocycles. The molecule has 0 aliphatic heterocycles. The van der Waals surface area contributed by atoms with Crippen LogP contribution in [0, 0.1) is 0 Å². The third-order valence-electron chi connectivity index (χ3n) is 1.79. The molecule has 0 amide bonds. The number of nitrogens with one attached hydrogen (secondary N) is 1. The van der Waals surface area contributed by atoms with Crippen molar-refractivity contribution >= 4 is 0 Å². The molecule has 62 valence electrons. The molecule has 1 N–H and O–H groups in total. The van der Waals surface area contributed by atoms with Gasteiger partial charge in [0.15, 0.2) is 0 Å². The zero-order chi connectivity index (χ0) is 7.98. The molecule has 2 atom stereocenters. The van der Waals surface area contributed by atoms with E-state index in [2.05, 4.69) is 26.1 Å². The van der Waals surface area contributed by atoms with E-state index in [9.17, 15) is 0 Å². The predicted octanol–water partition coefficient (Wildman–Crippen LogP) is 1.41. The highest BCUT2D eigenvalue weighted by atomic mass is 16.5. The second-order valence-electron chi connectivity index (χ2n) is 2.53. The normalized spacial score (nSPS) is 16.8. The molecule has 2 nitrogen and oxygen atoms in total. The first-order chi connectivity index (χ1) is 4.76. The molecular weight excluding hydrogens is 126 g/mol. The van der Waals surface area contributed by atoms with Crippen molar-refractivity contribution in [2.75, 3.05) is 13.7 Å². The van der Waals surface area contributed by atoms with Crippen LogP contribution in [0.15, 0.2) is 0 Å². The molecule has 0 aliphatic carbocycles. The maximum absolute atomic E-state index is 5.25. The van der Waals surface area contributed by atoms with Crippen LogP contribution in [0.5, 0.6) is 0 Å². The molecule has 0 bridgehead atoms. The minimum absolute atomic E-state index is 0.361. The van der Waals surface area contributed by atoms with Crippen molar-refractivity contribution in [3.8, 4) is 0 Å². The van der Waals surface area contributed by atoms with Crippen molar-refractivity contribution < 1.29 is 4.74 Å². The maximum Gasteiger partial charge on any atom is 0.0718 e. The molecule has 0 aromatic heterocycles. The van der Waals surface area contributed by atoms with Crippen LogP contribution in [0.2, 0.25) is 0 Å². The molecule has 0 aromatic rings. The molecule has 0 rings (SSSR count). The summed E-state index contributed by atoms with van der Waals surface area (Å²) in [6, 6.07) is 0.472. The van der Waals surface area contributed by atoms with Gasteiger partial charge in [-0.1, -0.05) is 13.8 Å². The van der Waals surface area contributed by atoms with Crippen LogP contribution in [-0.4, -0.2) is 25.8 Å². The van der Waals surface area contributed by atoms with Crippen molar-refractivity contribution in [3.05, 3.63) is 0 Å². The Morgan fingerprint density at radius 3 is 2.30 bits per heavy atom. The van der Waals surface area contributed by atoms with E-state index in [-0.39, 0.29) is 0 Å². The molecule has 10 heavy (non-hydrogen) atoms. The second kappa shape index (κ2) is 5.69. The SMILES string of the molecule is CCNC(C)C(CC)OC. The van der Waals surface area contributed by atoms with E-state index in [1.54, 1.807) is 7.11 Å². The van der Waals surface area contributed by atoms with Crippen molar-refractivity contribution in [2.45, 2.75) is 39.3 Å². The summed E-state index contributed by atoms with van der Waals surface area (Å²) in [4.78, 5) is 0. The minimum Gasteiger partial charge on any atom is -0.380 e. The lowest BCUT2D eigenvalue weighted by Gasteiger charge is -2.21. The van der Waals surface area contributed by atoms with Crippen LogP contribution in [0.1, 0.15) is 27.2 Å². The van der Waals surface area contributed by atoms with Gasteiger partial charge in [0.2, 0.25) is 0 Å². The van der Waals surface area contributed by atoms with Crippen LogP contribution in [0.4, 0.5) is 0 Å². The van der Waals surface area contributed by atoms with E-state index >= 15 is 0 Å². The lowest BCUT2D eigenvalue weighted by atomic mass is 10.1. The Morgan fingerprint density at radius 2 is 2.00 bits per heavy atom. The molecule has 0 heterocycles. The van der Waals surface area contributed by atoms with Crippen LogP contribution < -0.4 is 5.32 Å². The predicted molar refractivity (Wildman–Crippen MR) is 44.2 cm³/mol. The largest absolute Gasteiger partial charge is 0.380 e. The summed E-state index contributed by atoms with van der Waals surface area (Å²) in [5.41, 5.74) is 0. The molecule has 0 aliphatic rings. The highest BCUT2D eigenvalue weighted by Crippen LogP contribution is 2.01. The van der Waals surface area contributed by atoms with Gasteiger partial charge in [0.05, 0.1) is 6.10 Å². The minimum atomic E-state index is 0.361. The van der Waals surface area contributed by atoms with Crippen LogP contribution in [0.25, 0.3) is 0 Å². The zero-order valence-corrected chi connectivity index (χ0v) is 7.48. The first kappa shape index (κ1) is 9.92. The number of methoxy groups -OCH3 is 1. The summed E-state index contributed by atoms with van der Waals surface area (Å²) in [6.45, 7) is 7.42. The zero-order valence-electron chi connectivity index (χ0n) is 7.48. The third kappa shape index (κ3) is 3.18. The summed E-state index contributed by atoms with van der Waals surface area (Å²) < 4.78 is 5.25.